The van der Waals surface area contributed by atoms with Crippen LogP contribution in [0.2, 0.25) is 5.02 Å². The third-order valence-corrected chi connectivity index (χ3v) is 3.51. The van der Waals surface area contributed by atoms with Gasteiger partial charge in [0.15, 0.2) is 0 Å². The highest BCUT2D eigenvalue weighted by Crippen LogP contribution is 2.44. The molecule has 0 unspecified atom stereocenters. The molecule has 4 heteroatoms. The van der Waals surface area contributed by atoms with Gasteiger partial charge in [-0.25, -0.2) is 0 Å². The van der Waals surface area contributed by atoms with Gasteiger partial charge in [-0.2, -0.15) is 0 Å². The van der Waals surface area contributed by atoms with Crippen molar-refractivity contribution >= 4 is 11.6 Å². The summed E-state index contributed by atoms with van der Waals surface area (Å²) in [6.45, 7) is 5.96. The number of aryl methyl sites for hydroxylation is 1. The Balaban J connectivity index is 3.57. The molecule has 0 amide bonds. The molecule has 0 spiro atoms. The summed E-state index contributed by atoms with van der Waals surface area (Å²) in [6.07, 6.45) is 0.807. The molecule has 1 rings (SSSR count). The molecule has 0 saturated heterocycles. The third kappa shape index (κ3) is 2.57. The first-order valence-electron chi connectivity index (χ1n) is 5.97. The van der Waals surface area contributed by atoms with Gasteiger partial charge >= 0.3 is 0 Å². The van der Waals surface area contributed by atoms with E-state index in [1.54, 1.807) is 14.2 Å². The lowest BCUT2D eigenvalue weighted by Crippen LogP contribution is -2.23. The fourth-order valence-electron chi connectivity index (χ4n) is 1.94. The van der Waals surface area contributed by atoms with E-state index in [-0.39, 0.29) is 6.61 Å². The van der Waals surface area contributed by atoms with E-state index in [0.29, 0.717) is 16.5 Å². The number of hydrogen-bond acceptors (Lipinski definition) is 3. The molecule has 0 atom stereocenters. The van der Waals surface area contributed by atoms with E-state index in [0.717, 1.165) is 17.5 Å². The Hall–Kier alpha value is -0.930. The summed E-state index contributed by atoms with van der Waals surface area (Å²) in [5, 5.41) is 9.99. The van der Waals surface area contributed by atoms with Gasteiger partial charge in [0.2, 0.25) is 0 Å². The van der Waals surface area contributed by atoms with Crippen molar-refractivity contribution in [3.63, 3.8) is 0 Å². The van der Waals surface area contributed by atoms with E-state index in [1.807, 2.05) is 26.8 Å². The largest absolute Gasteiger partial charge is 0.495 e. The lowest BCUT2D eigenvalue weighted by molar-refractivity contribution is 0.214. The highest BCUT2D eigenvalue weighted by atomic mass is 35.5. The Morgan fingerprint density at radius 1 is 1.22 bits per heavy atom. The van der Waals surface area contributed by atoms with Crippen molar-refractivity contribution in [1.29, 1.82) is 0 Å². The van der Waals surface area contributed by atoms with Gasteiger partial charge in [-0.3, -0.25) is 0 Å². The van der Waals surface area contributed by atoms with Gasteiger partial charge in [0.05, 0.1) is 20.8 Å². The molecule has 0 aliphatic carbocycles. The summed E-state index contributed by atoms with van der Waals surface area (Å²) < 4.78 is 10.7. The van der Waals surface area contributed by atoms with Gasteiger partial charge in [0.1, 0.15) is 16.5 Å². The standard InChI is InChI=1S/C14H21ClO3/c1-6-9-7-10(14(2,3)8-16)13(18-5)11(15)12(9)17-4/h7,16H,6,8H2,1-5H3. The number of benzene rings is 1. The molecule has 0 aliphatic heterocycles. The smallest absolute Gasteiger partial charge is 0.145 e. The second-order valence-electron chi connectivity index (χ2n) is 4.86. The minimum absolute atomic E-state index is 0.0230. The molecular weight excluding hydrogens is 252 g/mol. The zero-order valence-corrected chi connectivity index (χ0v) is 12.4. The van der Waals surface area contributed by atoms with Crippen LogP contribution in [0.15, 0.2) is 6.07 Å². The predicted molar refractivity (Wildman–Crippen MR) is 74.0 cm³/mol. The van der Waals surface area contributed by atoms with Crippen LogP contribution in [0.1, 0.15) is 31.9 Å². The first-order chi connectivity index (χ1) is 8.42. The summed E-state index contributed by atoms with van der Waals surface area (Å²) in [5.41, 5.74) is 1.50. The second-order valence-corrected chi connectivity index (χ2v) is 5.24. The lowest BCUT2D eigenvalue weighted by atomic mass is 9.83. The minimum atomic E-state index is -0.412. The number of hydrogen-bond donors (Lipinski definition) is 1. The maximum Gasteiger partial charge on any atom is 0.145 e. The Morgan fingerprint density at radius 2 is 1.78 bits per heavy atom. The van der Waals surface area contributed by atoms with Crippen molar-refractivity contribution in [2.45, 2.75) is 32.6 Å². The van der Waals surface area contributed by atoms with Crippen LogP contribution in [-0.2, 0) is 11.8 Å². The Morgan fingerprint density at radius 3 is 2.17 bits per heavy atom. The third-order valence-electron chi connectivity index (χ3n) is 3.17. The summed E-state index contributed by atoms with van der Waals surface area (Å²) in [6, 6.07) is 2.00. The number of aliphatic hydroxyl groups excluding tert-OH is 1. The molecule has 102 valence electrons. The van der Waals surface area contributed by atoms with Gasteiger partial charge in [-0.05, 0) is 18.1 Å². The molecule has 0 saturated carbocycles. The number of halogens is 1. The van der Waals surface area contributed by atoms with Crippen LogP contribution in [0.25, 0.3) is 0 Å². The van der Waals surface area contributed by atoms with Crippen LogP contribution >= 0.6 is 11.6 Å². The predicted octanol–water partition coefficient (Wildman–Crippen LogP) is 3.19. The molecule has 1 aromatic carbocycles. The average molecular weight is 273 g/mol. The quantitative estimate of drug-likeness (QED) is 0.895. The van der Waals surface area contributed by atoms with Crippen LogP contribution in [-0.4, -0.2) is 25.9 Å². The molecule has 0 radical (unpaired) electrons. The highest BCUT2D eigenvalue weighted by molar-refractivity contribution is 6.33. The highest BCUT2D eigenvalue weighted by Gasteiger charge is 2.28. The van der Waals surface area contributed by atoms with Crippen molar-refractivity contribution in [2.24, 2.45) is 0 Å². The van der Waals surface area contributed by atoms with Crippen molar-refractivity contribution in [1.82, 2.24) is 0 Å². The first-order valence-corrected chi connectivity index (χ1v) is 6.35. The van der Waals surface area contributed by atoms with E-state index in [2.05, 4.69) is 0 Å². The van der Waals surface area contributed by atoms with Gasteiger partial charge in [-0.15, -0.1) is 0 Å². The Bertz CT molecular complexity index is 428. The summed E-state index contributed by atoms with van der Waals surface area (Å²) in [4.78, 5) is 0. The van der Waals surface area contributed by atoms with E-state index in [9.17, 15) is 5.11 Å². The summed E-state index contributed by atoms with van der Waals surface area (Å²) in [5.74, 6) is 1.22. The van der Waals surface area contributed by atoms with Gasteiger partial charge < -0.3 is 14.6 Å². The number of methoxy groups -OCH3 is 2. The molecule has 1 N–H and O–H groups in total. The van der Waals surface area contributed by atoms with Gasteiger partial charge in [0.25, 0.3) is 0 Å². The number of ether oxygens (including phenoxy) is 2. The molecule has 0 aromatic heterocycles. The van der Waals surface area contributed by atoms with Crippen LogP contribution in [0.4, 0.5) is 0 Å². The molecule has 0 aliphatic rings. The maximum absolute atomic E-state index is 9.52. The van der Waals surface area contributed by atoms with Crippen molar-refractivity contribution in [2.75, 3.05) is 20.8 Å². The first kappa shape index (κ1) is 15.1. The molecule has 1 aromatic rings. The Kier molecular flexibility index (Phi) is 4.88. The number of aliphatic hydroxyl groups is 1. The minimum Gasteiger partial charge on any atom is -0.495 e. The van der Waals surface area contributed by atoms with E-state index >= 15 is 0 Å². The van der Waals surface area contributed by atoms with Crippen molar-refractivity contribution < 1.29 is 14.6 Å². The maximum atomic E-state index is 9.52. The number of rotatable bonds is 5. The SMILES string of the molecule is CCc1cc(C(C)(C)CO)c(OC)c(Cl)c1OC. The molecule has 0 fully saturated rings. The summed E-state index contributed by atoms with van der Waals surface area (Å²) in [7, 11) is 3.17. The molecule has 18 heavy (non-hydrogen) atoms. The average Bonchev–Trinajstić information content (AvgIpc) is 2.37. The zero-order chi connectivity index (χ0) is 13.9. The van der Waals surface area contributed by atoms with Crippen molar-refractivity contribution in [3.05, 3.63) is 22.2 Å². The van der Waals surface area contributed by atoms with E-state index in [1.165, 1.54) is 0 Å². The fraction of sp³-hybridized carbons (Fsp3) is 0.571. The topological polar surface area (TPSA) is 38.7 Å². The summed E-state index contributed by atoms with van der Waals surface area (Å²) >= 11 is 6.33. The van der Waals surface area contributed by atoms with Crippen molar-refractivity contribution in [3.8, 4) is 11.5 Å². The van der Waals surface area contributed by atoms with Crippen LogP contribution < -0.4 is 9.47 Å². The molecular formula is C14H21ClO3. The van der Waals surface area contributed by atoms with Crippen LogP contribution in [0.3, 0.4) is 0 Å². The molecule has 3 nitrogen and oxygen atoms in total. The normalized spacial score (nSPS) is 11.5. The lowest BCUT2D eigenvalue weighted by Gasteiger charge is -2.27. The monoisotopic (exact) mass is 272 g/mol. The molecule has 0 bridgehead atoms. The molecule has 0 heterocycles. The second kappa shape index (κ2) is 5.81. The van der Waals surface area contributed by atoms with Crippen LogP contribution in [0.5, 0.6) is 11.5 Å². The Labute approximate surface area is 114 Å². The van der Waals surface area contributed by atoms with Gasteiger partial charge in [-0.1, -0.05) is 32.4 Å². The fourth-order valence-corrected chi connectivity index (χ4v) is 2.32. The van der Waals surface area contributed by atoms with Gasteiger partial charge in [0, 0.05) is 11.0 Å². The van der Waals surface area contributed by atoms with E-state index < -0.39 is 5.41 Å². The van der Waals surface area contributed by atoms with E-state index in [4.69, 9.17) is 21.1 Å². The zero-order valence-electron chi connectivity index (χ0n) is 11.6. The van der Waals surface area contributed by atoms with Crippen LogP contribution in [0, 0.1) is 0 Å².